The van der Waals surface area contributed by atoms with Crippen LogP contribution in [0.3, 0.4) is 0 Å². The predicted octanol–water partition coefficient (Wildman–Crippen LogP) is 0.522. The first-order chi connectivity index (χ1) is 9.27. The van der Waals surface area contributed by atoms with Gasteiger partial charge in [0.15, 0.2) is 0 Å². The zero-order valence-electron chi connectivity index (χ0n) is 11.5. The van der Waals surface area contributed by atoms with Crippen molar-refractivity contribution in [3.05, 3.63) is 0 Å². The highest BCUT2D eigenvalue weighted by atomic mass is 16.5. The lowest BCUT2D eigenvalue weighted by molar-refractivity contribution is -0.159. The SMILES string of the molecule is NCC1(C(=O)N2CCOC3CCCC32)CCOCC1. The van der Waals surface area contributed by atoms with Gasteiger partial charge < -0.3 is 20.1 Å². The molecule has 1 amide bonds. The molecule has 3 fully saturated rings. The topological polar surface area (TPSA) is 64.8 Å². The summed E-state index contributed by atoms with van der Waals surface area (Å²) in [4.78, 5) is 15.1. The lowest BCUT2D eigenvalue weighted by Gasteiger charge is -2.44. The normalized spacial score (nSPS) is 34.1. The largest absolute Gasteiger partial charge is 0.381 e. The Morgan fingerprint density at radius 2 is 2.05 bits per heavy atom. The maximum Gasteiger partial charge on any atom is 0.230 e. The number of hydrogen-bond acceptors (Lipinski definition) is 4. The first-order valence-corrected chi connectivity index (χ1v) is 7.47. The maximum absolute atomic E-state index is 13.0. The number of rotatable bonds is 2. The summed E-state index contributed by atoms with van der Waals surface area (Å²) in [6.45, 7) is 3.14. The van der Waals surface area contributed by atoms with Crippen molar-refractivity contribution in [3.63, 3.8) is 0 Å². The molecular weight excluding hydrogens is 244 g/mol. The summed E-state index contributed by atoms with van der Waals surface area (Å²) in [7, 11) is 0. The minimum atomic E-state index is -0.386. The molecule has 2 N–H and O–H groups in total. The van der Waals surface area contributed by atoms with E-state index in [1.807, 2.05) is 0 Å². The molecule has 0 spiro atoms. The van der Waals surface area contributed by atoms with Crippen LogP contribution in [0.25, 0.3) is 0 Å². The summed E-state index contributed by atoms with van der Waals surface area (Å²) in [5.41, 5.74) is 5.56. The van der Waals surface area contributed by atoms with Crippen LogP contribution in [0.1, 0.15) is 32.1 Å². The fraction of sp³-hybridized carbons (Fsp3) is 0.929. The number of fused-ring (bicyclic) bond motifs is 1. The Hall–Kier alpha value is -0.650. The quantitative estimate of drug-likeness (QED) is 0.793. The Bertz CT molecular complexity index is 342. The first kappa shape index (κ1) is 13.3. The fourth-order valence-electron chi connectivity index (χ4n) is 3.75. The van der Waals surface area contributed by atoms with Gasteiger partial charge in [0, 0.05) is 26.3 Å². The smallest absolute Gasteiger partial charge is 0.230 e. The summed E-state index contributed by atoms with van der Waals surface area (Å²) in [5.74, 6) is 0.249. The number of nitrogens with two attached hydrogens (primary N) is 1. The molecule has 108 valence electrons. The number of carbonyl (C=O) groups excluding carboxylic acids is 1. The zero-order valence-corrected chi connectivity index (χ0v) is 11.5. The molecule has 2 atom stereocenters. The Labute approximate surface area is 114 Å². The van der Waals surface area contributed by atoms with E-state index in [9.17, 15) is 4.79 Å². The third-order valence-corrected chi connectivity index (χ3v) is 5.04. The second kappa shape index (κ2) is 5.38. The van der Waals surface area contributed by atoms with Crippen molar-refractivity contribution in [2.24, 2.45) is 11.1 Å². The van der Waals surface area contributed by atoms with Crippen LogP contribution in [0.15, 0.2) is 0 Å². The average molecular weight is 268 g/mol. The number of nitrogens with zero attached hydrogens (tertiary/aromatic N) is 1. The number of morpholine rings is 1. The van der Waals surface area contributed by atoms with E-state index in [-0.39, 0.29) is 23.5 Å². The lowest BCUT2D eigenvalue weighted by Crippen LogP contribution is -2.58. The number of carbonyl (C=O) groups is 1. The van der Waals surface area contributed by atoms with Gasteiger partial charge in [0.25, 0.3) is 0 Å². The van der Waals surface area contributed by atoms with Crippen LogP contribution in [0.2, 0.25) is 0 Å². The monoisotopic (exact) mass is 268 g/mol. The number of ether oxygens (including phenoxy) is 2. The van der Waals surface area contributed by atoms with Crippen molar-refractivity contribution < 1.29 is 14.3 Å². The van der Waals surface area contributed by atoms with Gasteiger partial charge in [0.05, 0.1) is 24.2 Å². The average Bonchev–Trinajstić information content (AvgIpc) is 2.95. The molecular formula is C14H24N2O3. The van der Waals surface area contributed by atoms with Crippen molar-refractivity contribution in [1.82, 2.24) is 4.90 Å². The van der Waals surface area contributed by atoms with E-state index in [4.69, 9.17) is 15.2 Å². The fourth-order valence-corrected chi connectivity index (χ4v) is 3.75. The molecule has 2 saturated heterocycles. The van der Waals surface area contributed by atoms with Gasteiger partial charge in [-0.25, -0.2) is 0 Å². The van der Waals surface area contributed by atoms with Crippen molar-refractivity contribution >= 4 is 5.91 Å². The van der Waals surface area contributed by atoms with Gasteiger partial charge in [0.1, 0.15) is 0 Å². The zero-order chi connectivity index (χ0) is 13.3. The second-order valence-corrected chi connectivity index (χ2v) is 6.00. The van der Waals surface area contributed by atoms with Crippen LogP contribution in [0, 0.1) is 5.41 Å². The van der Waals surface area contributed by atoms with Crippen LogP contribution < -0.4 is 5.73 Å². The Morgan fingerprint density at radius 1 is 1.26 bits per heavy atom. The third-order valence-electron chi connectivity index (χ3n) is 5.04. The van der Waals surface area contributed by atoms with E-state index in [2.05, 4.69) is 4.90 Å². The summed E-state index contributed by atoms with van der Waals surface area (Å²) < 4.78 is 11.2. The minimum Gasteiger partial charge on any atom is -0.381 e. The van der Waals surface area contributed by atoms with Crippen molar-refractivity contribution in [2.45, 2.75) is 44.2 Å². The predicted molar refractivity (Wildman–Crippen MR) is 70.6 cm³/mol. The summed E-state index contributed by atoms with van der Waals surface area (Å²) in [6, 6.07) is 0.285. The van der Waals surface area contributed by atoms with Crippen LogP contribution >= 0.6 is 0 Å². The molecule has 5 nitrogen and oxygen atoms in total. The standard InChI is InChI=1S/C14H24N2O3/c15-10-14(4-7-18-8-5-14)13(17)16-6-9-19-12-3-1-2-11(12)16/h11-12H,1-10,15H2. The van der Waals surface area contributed by atoms with Gasteiger partial charge in [0.2, 0.25) is 5.91 Å². The Morgan fingerprint density at radius 3 is 2.79 bits per heavy atom. The molecule has 3 rings (SSSR count). The molecule has 19 heavy (non-hydrogen) atoms. The molecule has 3 aliphatic rings. The molecule has 1 aliphatic carbocycles. The van der Waals surface area contributed by atoms with Crippen molar-refractivity contribution in [2.75, 3.05) is 32.9 Å². The van der Waals surface area contributed by atoms with E-state index in [1.165, 1.54) is 0 Å². The molecule has 5 heteroatoms. The van der Waals surface area contributed by atoms with E-state index in [1.54, 1.807) is 0 Å². The molecule has 0 bridgehead atoms. The first-order valence-electron chi connectivity index (χ1n) is 7.47. The lowest BCUT2D eigenvalue weighted by atomic mass is 9.78. The molecule has 0 aromatic heterocycles. The molecule has 2 aliphatic heterocycles. The molecule has 0 radical (unpaired) electrons. The molecule has 2 heterocycles. The molecule has 2 unspecified atom stereocenters. The van der Waals surface area contributed by atoms with E-state index < -0.39 is 0 Å². The highest BCUT2D eigenvalue weighted by Gasteiger charge is 2.46. The molecule has 0 aromatic rings. The van der Waals surface area contributed by atoms with Gasteiger partial charge in [-0.1, -0.05) is 0 Å². The maximum atomic E-state index is 13.0. The second-order valence-electron chi connectivity index (χ2n) is 6.00. The van der Waals surface area contributed by atoms with Crippen molar-refractivity contribution in [1.29, 1.82) is 0 Å². The van der Waals surface area contributed by atoms with E-state index in [0.29, 0.717) is 26.4 Å². The van der Waals surface area contributed by atoms with Gasteiger partial charge in [-0.2, -0.15) is 0 Å². The van der Waals surface area contributed by atoms with Crippen LogP contribution in [-0.4, -0.2) is 55.9 Å². The van der Waals surface area contributed by atoms with Gasteiger partial charge in [-0.3, -0.25) is 4.79 Å². The van der Waals surface area contributed by atoms with Crippen LogP contribution in [0.5, 0.6) is 0 Å². The minimum absolute atomic E-state index is 0.249. The molecule has 1 saturated carbocycles. The van der Waals surface area contributed by atoms with E-state index in [0.717, 1.165) is 38.6 Å². The van der Waals surface area contributed by atoms with Crippen molar-refractivity contribution in [3.8, 4) is 0 Å². The number of amides is 1. The highest BCUT2D eigenvalue weighted by Crippen LogP contribution is 2.36. The summed E-state index contributed by atoms with van der Waals surface area (Å²) in [6.07, 6.45) is 5.11. The Balaban J connectivity index is 1.77. The van der Waals surface area contributed by atoms with Gasteiger partial charge >= 0.3 is 0 Å². The van der Waals surface area contributed by atoms with Crippen LogP contribution in [0.4, 0.5) is 0 Å². The molecule has 0 aromatic carbocycles. The van der Waals surface area contributed by atoms with Gasteiger partial charge in [-0.05, 0) is 32.1 Å². The highest BCUT2D eigenvalue weighted by molar-refractivity contribution is 5.83. The Kier molecular flexibility index (Phi) is 3.78. The summed E-state index contributed by atoms with van der Waals surface area (Å²) >= 11 is 0. The number of hydrogen-bond donors (Lipinski definition) is 1. The third kappa shape index (κ3) is 2.28. The van der Waals surface area contributed by atoms with Crippen LogP contribution in [-0.2, 0) is 14.3 Å². The van der Waals surface area contributed by atoms with Gasteiger partial charge in [-0.15, -0.1) is 0 Å². The summed E-state index contributed by atoms with van der Waals surface area (Å²) in [5, 5.41) is 0. The van der Waals surface area contributed by atoms with E-state index >= 15 is 0 Å².